The molecule has 0 N–H and O–H groups in total. The number of amides is 1. The minimum absolute atomic E-state index is 0.172. The summed E-state index contributed by atoms with van der Waals surface area (Å²) in [4.78, 5) is 27.5. The Labute approximate surface area is 187 Å². The number of ether oxygens (including phenoxy) is 3. The van der Waals surface area contributed by atoms with Crippen LogP contribution in [0.1, 0.15) is 41.3 Å². The van der Waals surface area contributed by atoms with E-state index in [0.29, 0.717) is 12.1 Å². The monoisotopic (exact) mass is 443 g/mol. The van der Waals surface area contributed by atoms with E-state index in [9.17, 15) is 9.59 Å². The molecule has 0 unspecified atom stereocenters. The van der Waals surface area contributed by atoms with Gasteiger partial charge in [0, 0.05) is 37.0 Å². The molecule has 0 bridgehead atoms. The van der Waals surface area contributed by atoms with Crippen molar-refractivity contribution in [3.63, 3.8) is 0 Å². The Kier molecular flexibility index (Phi) is 7.75. The van der Waals surface area contributed by atoms with Gasteiger partial charge in [-0.25, -0.2) is 4.79 Å². The van der Waals surface area contributed by atoms with Gasteiger partial charge in [-0.15, -0.1) is 11.8 Å². The molecule has 1 aliphatic rings. The fourth-order valence-corrected chi connectivity index (χ4v) is 4.67. The molecule has 0 saturated heterocycles. The predicted octanol–water partition coefficient (Wildman–Crippen LogP) is 4.40. The van der Waals surface area contributed by atoms with Gasteiger partial charge >= 0.3 is 5.97 Å². The number of anilines is 1. The number of fused-ring (bicyclic) bond motifs is 1. The van der Waals surface area contributed by atoms with Crippen molar-refractivity contribution in [3.05, 3.63) is 59.2 Å². The van der Waals surface area contributed by atoms with Crippen LogP contribution in [-0.4, -0.2) is 45.5 Å². The van der Waals surface area contributed by atoms with Crippen LogP contribution >= 0.6 is 11.8 Å². The lowest BCUT2D eigenvalue weighted by molar-refractivity contribution is -0.209. The number of nitrogens with zero attached hydrogens (tertiary/aromatic N) is 1. The van der Waals surface area contributed by atoms with Crippen LogP contribution in [0.3, 0.4) is 0 Å². The van der Waals surface area contributed by atoms with Crippen LogP contribution in [0, 0.1) is 0 Å². The van der Waals surface area contributed by atoms with E-state index < -0.39 is 5.79 Å². The Balaban J connectivity index is 1.72. The fourth-order valence-electron chi connectivity index (χ4n) is 3.73. The Morgan fingerprint density at radius 1 is 1.06 bits per heavy atom. The van der Waals surface area contributed by atoms with Gasteiger partial charge in [0.15, 0.2) is 0 Å². The molecular formula is C24H29NO5S. The van der Waals surface area contributed by atoms with E-state index >= 15 is 0 Å². The van der Waals surface area contributed by atoms with Gasteiger partial charge in [0.1, 0.15) is 0 Å². The minimum Gasteiger partial charge on any atom is -0.465 e. The van der Waals surface area contributed by atoms with Crippen LogP contribution in [0.2, 0.25) is 0 Å². The van der Waals surface area contributed by atoms with E-state index in [1.165, 1.54) is 21.3 Å². The number of carbonyl (C=O) groups is 2. The molecule has 1 heterocycles. The van der Waals surface area contributed by atoms with Crippen LogP contribution in [0.4, 0.5) is 5.69 Å². The molecule has 1 aliphatic heterocycles. The molecule has 3 rings (SSSR count). The van der Waals surface area contributed by atoms with Crippen molar-refractivity contribution in [2.45, 2.75) is 36.9 Å². The van der Waals surface area contributed by atoms with Gasteiger partial charge in [0.25, 0.3) is 11.7 Å². The number of esters is 1. The Morgan fingerprint density at radius 2 is 1.77 bits per heavy atom. The Hall–Kier alpha value is -2.35. The maximum Gasteiger partial charge on any atom is 0.337 e. The van der Waals surface area contributed by atoms with Gasteiger partial charge in [-0.05, 0) is 48.7 Å². The number of methoxy groups -OCH3 is 3. The second-order valence-electron chi connectivity index (χ2n) is 7.30. The zero-order chi connectivity index (χ0) is 22.4. The smallest absolute Gasteiger partial charge is 0.337 e. The third-order valence-electron chi connectivity index (χ3n) is 5.48. The molecule has 2 aromatic carbocycles. The number of benzene rings is 2. The van der Waals surface area contributed by atoms with Crippen molar-refractivity contribution in [2.75, 3.05) is 38.5 Å². The number of hydrogen-bond donors (Lipinski definition) is 0. The van der Waals surface area contributed by atoms with E-state index in [2.05, 4.69) is 6.92 Å². The summed E-state index contributed by atoms with van der Waals surface area (Å²) in [7, 11) is 4.39. The third-order valence-corrected chi connectivity index (χ3v) is 6.48. The van der Waals surface area contributed by atoms with E-state index in [1.807, 2.05) is 30.3 Å². The van der Waals surface area contributed by atoms with Gasteiger partial charge in [-0.3, -0.25) is 4.79 Å². The molecule has 0 saturated carbocycles. The standard InChI is InChI=1S/C24H29NO5S/c1-5-6-14-25-21-12-11-19(16-20(21)24(29-3,30-4)23(25)27)31-15-13-17-7-9-18(10-8-17)22(26)28-2/h7-12,16H,5-6,13-15H2,1-4H3. The molecule has 0 atom stereocenters. The lowest BCUT2D eigenvalue weighted by Crippen LogP contribution is -2.43. The highest BCUT2D eigenvalue weighted by atomic mass is 32.2. The van der Waals surface area contributed by atoms with Crippen LogP contribution in [-0.2, 0) is 31.2 Å². The third kappa shape index (κ3) is 4.63. The zero-order valence-corrected chi connectivity index (χ0v) is 19.3. The largest absolute Gasteiger partial charge is 0.465 e. The molecule has 0 aliphatic carbocycles. The van der Waals surface area contributed by atoms with Crippen LogP contribution in [0.15, 0.2) is 47.4 Å². The number of rotatable bonds is 10. The highest BCUT2D eigenvalue weighted by Crippen LogP contribution is 2.44. The van der Waals surface area contributed by atoms with Crippen LogP contribution in [0.5, 0.6) is 0 Å². The number of unbranched alkanes of at least 4 members (excludes halogenated alkanes) is 1. The number of aryl methyl sites for hydroxylation is 1. The predicted molar refractivity (Wildman–Crippen MR) is 122 cm³/mol. The summed E-state index contributed by atoms with van der Waals surface area (Å²) in [6.07, 6.45) is 2.77. The van der Waals surface area contributed by atoms with Crippen molar-refractivity contribution >= 4 is 29.3 Å². The summed E-state index contributed by atoms with van der Waals surface area (Å²) in [5, 5.41) is 0. The van der Waals surface area contributed by atoms with E-state index in [0.717, 1.165) is 46.7 Å². The summed E-state index contributed by atoms with van der Waals surface area (Å²) < 4.78 is 15.9. The van der Waals surface area contributed by atoms with Crippen LogP contribution in [0.25, 0.3) is 0 Å². The van der Waals surface area contributed by atoms with E-state index in [1.54, 1.807) is 28.8 Å². The molecule has 0 fully saturated rings. The Bertz CT molecular complexity index is 924. The first-order valence-corrected chi connectivity index (χ1v) is 11.4. The van der Waals surface area contributed by atoms with Gasteiger partial charge in [-0.1, -0.05) is 25.5 Å². The minimum atomic E-state index is -1.39. The first-order valence-electron chi connectivity index (χ1n) is 10.4. The van der Waals surface area contributed by atoms with Gasteiger partial charge < -0.3 is 19.1 Å². The number of thioether (sulfide) groups is 1. The average Bonchev–Trinajstić information content (AvgIpc) is 3.04. The highest BCUT2D eigenvalue weighted by Gasteiger charge is 2.52. The summed E-state index contributed by atoms with van der Waals surface area (Å²) >= 11 is 1.71. The second kappa shape index (κ2) is 10.3. The second-order valence-corrected chi connectivity index (χ2v) is 8.47. The zero-order valence-electron chi connectivity index (χ0n) is 18.5. The lowest BCUT2D eigenvalue weighted by Gasteiger charge is -2.25. The van der Waals surface area contributed by atoms with E-state index in [-0.39, 0.29) is 11.9 Å². The van der Waals surface area contributed by atoms with Crippen LogP contribution < -0.4 is 4.90 Å². The molecular weight excluding hydrogens is 414 g/mol. The summed E-state index contributed by atoms with van der Waals surface area (Å²) in [6, 6.07) is 13.5. The molecule has 0 radical (unpaired) electrons. The molecule has 31 heavy (non-hydrogen) atoms. The quantitative estimate of drug-likeness (QED) is 0.308. The van der Waals surface area contributed by atoms with Crippen molar-refractivity contribution in [2.24, 2.45) is 0 Å². The SMILES string of the molecule is CCCCN1C(=O)C(OC)(OC)c2cc(SCCc3ccc(C(=O)OC)cc3)ccc21. The molecule has 0 aromatic heterocycles. The fraction of sp³-hybridized carbons (Fsp3) is 0.417. The maximum absolute atomic E-state index is 13.1. The summed E-state index contributed by atoms with van der Waals surface area (Å²) in [5.41, 5.74) is 3.30. The van der Waals surface area contributed by atoms with Crippen molar-refractivity contribution in [1.29, 1.82) is 0 Å². The van der Waals surface area contributed by atoms with Crippen molar-refractivity contribution in [1.82, 2.24) is 0 Å². The van der Waals surface area contributed by atoms with E-state index in [4.69, 9.17) is 14.2 Å². The molecule has 1 amide bonds. The number of hydrogen-bond acceptors (Lipinski definition) is 6. The molecule has 6 nitrogen and oxygen atoms in total. The summed E-state index contributed by atoms with van der Waals surface area (Å²) in [6.45, 7) is 2.74. The summed E-state index contributed by atoms with van der Waals surface area (Å²) in [5.74, 6) is -1.03. The van der Waals surface area contributed by atoms with Gasteiger partial charge in [0.2, 0.25) is 0 Å². The van der Waals surface area contributed by atoms with Gasteiger partial charge in [-0.2, -0.15) is 0 Å². The topological polar surface area (TPSA) is 65.1 Å². The van der Waals surface area contributed by atoms with Gasteiger partial charge in [0.05, 0.1) is 18.4 Å². The molecule has 7 heteroatoms. The normalized spacial score (nSPS) is 14.6. The Morgan fingerprint density at radius 3 is 2.39 bits per heavy atom. The lowest BCUT2D eigenvalue weighted by atomic mass is 10.1. The average molecular weight is 444 g/mol. The number of carbonyl (C=O) groups excluding carboxylic acids is 2. The highest BCUT2D eigenvalue weighted by molar-refractivity contribution is 7.99. The van der Waals surface area contributed by atoms with Crippen molar-refractivity contribution < 1.29 is 23.8 Å². The maximum atomic E-state index is 13.1. The first kappa shape index (κ1) is 23.3. The van der Waals surface area contributed by atoms with Crippen molar-refractivity contribution in [3.8, 4) is 0 Å². The molecule has 0 spiro atoms. The molecule has 2 aromatic rings. The molecule has 166 valence electrons. The first-order chi connectivity index (χ1) is 15.0.